The Balaban J connectivity index is 0.000000159. The Bertz CT molecular complexity index is 3030. The fraction of sp³-hybridized carbons (Fsp3) is 0.458. The molecule has 2 N–H and O–H groups in total. The molecule has 0 spiro atoms. The molecule has 0 saturated carbocycles. The number of ether oxygens (including phenoxy) is 2. The average molecular weight is 1110 g/mol. The van der Waals surface area contributed by atoms with E-state index in [4.69, 9.17) is 33.6 Å². The van der Waals surface area contributed by atoms with Crippen molar-refractivity contribution in [2.24, 2.45) is 11.8 Å². The Hall–Kier alpha value is -5.89. The molecular weight excluding hydrogens is 1050 g/mol. The van der Waals surface area contributed by atoms with Gasteiger partial charge in [0.25, 0.3) is 10.4 Å². The van der Waals surface area contributed by atoms with Gasteiger partial charge < -0.3 is 38.4 Å². The van der Waals surface area contributed by atoms with Crippen molar-refractivity contribution >= 4 is 83.9 Å². The topological polar surface area (TPSA) is 221 Å². The highest BCUT2D eigenvalue weighted by Crippen LogP contribution is 2.34. The van der Waals surface area contributed by atoms with Crippen molar-refractivity contribution in [2.75, 3.05) is 36.0 Å². The van der Waals surface area contributed by atoms with Crippen LogP contribution in [-0.4, -0.2) is 106 Å². The number of fused-ring (bicyclic) bond motifs is 2. The van der Waals surface area contributed by atoms with E-state index < -0.39 is 19.0 Å². The number of thiazole rings is 2. The van der Waals surface area contributed by atoms with Gasteiger partial charge in [0.05, 0.1) is 5.69 Å². The molecule has 10 rings (SSSR count). The van der Waals surface area contributed by atoms with Crippen LogP contribution in [0.4, 0.5) is 25.2 Å². The molecule has 2 fully saturated rings. The smallest absolute Gasteiger partial charge is 0.467 e. The largest absolute Gasteiger partial charge is 0.490 e. The standard InChI is InChI=1S/C24H28N6O2S.C18H22BrN5O2S.C6H5BF3NO2/c1-14(2)21-28-23(32-29-21)30-11-9-17(10-12-30)16(4)31-24-27-20-8-7-19(26-22(20)33-24)18-6-5-15(3)25-13-18;1-10(2)15-22-17(26-23-15)24-8-6-12(7-9-24)11(3)25-18-20-13-4-5-14(19)21-16(13)27-18;8-6(9,10)5-2-1-4(3-11-5)7(12)13/h5-8,13-14,16-17H,9-12H2,1-4H3;4-5,10-12H,6-9H2,1-3H3;1-3,12-13H. The van der Waals surface area contributed by atoms with Gasteiger partial charge in [-0.1, -0.05) is 66.7 Å². The maximum atomic E-state index is 11.9. The predicted octanol–water partition coefficient (Wildman–Crippen LogP) is 9.68. The predicted molar refractivity (Wildman–Crippen MR) is 276 cm³/mol. The maximum absolute atomic E-state index is 11.9. The van der Waals surface area contributed by atoms with Crippen LogP contribution < -0.4 is 24.7 Å². The van der Waals surface area contributed by atoms with E-state index in [1.54, 1.807) is 0 Å². The van der Waals surface area contributed by atoms with Crippen molar-refractivity contribution < 1.29 is 41.7 Å². The van der Waals surface area contributed by atoms with Gasteiger partial charge in [-0.15, -0.1) is 0 Å². The first-order valence-corrected chi connectivity index (χ1v) is 26.3. The number of hydrogen-bond acceptors (Lipinski definition) is 20. The van der Waals surface area contributed by atoms with E-state index in [-0.39, 0.29) is 29.5 Å². The lowest BCUT2D eigenvalue weighted by Crippen LogP contribution is -2.38. The maximum Gasteiger partial charge on any atom is 0.490 e. The minimum atomic E-state index is -4.50. The zero-order valence-electron chi connectivity index (χ0n) is 41.2. The van der Waals surface area contributed by atoms with Crippen LogP contribution in [-0.2, 0) is 6.18 Å². The number of hydrogen-bond donors (Lipinski definition) is 2. The van der Waals surface area contributed by atoms with E-state index in [0.717, 1.165) is 118 Å². The highest BCUT2D eigenvalue weighted by atomic mass is 79.9. The minimum absolute atomic E-state index is 0.0717. The number of aryl methyl sites for hydroxylation is 1. The molecule has 0 aromatic carbocycles. The number of pyridine rings is 4. The molecule has 0 amide bonds. The third kappa shape index (κ3) is 13.8. The number of nitrogens with zero attached hydrogens (tertiary/aromatic N) is 12. The van der Waals surface area contributed by atoms with Crippen LogP contribution in [0.1, 0.15) is 102 Å². The highest BCUT2D eigenvalue weighted by molar-refractivity contribution is 9.10. The fourth-order valence-electron chi connectivity index (χ4n) is 7.99. The lowest BCUT2D eigenvalue weighted by Gasteiger charge is -2.33. The Labute approximate surface area is 436 Å². The summed E-state index contributed by atoms with van der Waals surface area (Å²) in [5.74, 6) is 2.98. The van der Waals surface area contributed by atoms with Gasteiger partial charge in [-0.25, -0.2) is 19.9 Å². The molecule has 2 unspecified atom stereocenters. The van der Waals surface area contributed by atoms with Crippen molar-refractivity contribution in [1.29, 1.82) is 0 Å². The van der Waals surface area contributed by atoms with E-state index in [1.165, 1.54) is 22.7 Å². The van der Waals surface area contributed by atoms with Crippen LogP contribution >= 0.6 is 38.6 Å². The van der Waals surface area contributed by atoms with Crippen LogP contribution in [0.5, 0.6) is 10.4 Å². The molecule has 0 radical (unpaired) electrons. The summed E-state index contributed by atoms with van der Waals surface area (Å²) in [5, 5.41) is 26.6. The molecule has 73 heavy (non-hydrogen) atoms. The molecule has 0 aliphatic carbocycles. The highest BCUT2D eigenvalue weighted by Gasteiger charge is 2.33. The Kier molecular flexibility index (Phi) is 17.2. The quantitative estimate of drug-likeness (QED) is 0.0858. The first-order valence-electron chi connectivity index (χ1n) is 23.9. The van der Waals surface area contributed by atoms with Gasteiger partial charge >= 0.3 is 25.3 Å². The molecule has 2 aliphatic heterocycles. The number of anilines is 2. The molecule has 0 bridgehead atoms. The SMILES string of the molecule is CC(C)c1noc(N2CCC(C(C)Oc3nc4ccc(Br)nc4s3)CC2)n1.Cc1ccc(-c2ccc3nc(OC(C)C4CCN(c5nc(C(C)C)no5)CC4)sc3n2)cn1.OB(O)c1ccc(C(F)(F)F)nc1. The number of alkyl halides is 3. The zero-order valence-corrected chi connectivity index (χ0v) is 44.4. The number of aromatic nitrogens is 10. The van der Waals surface area contributed by atoms with Crippen molar-refractivity contribution in [3.63, 3.8) is 0 Å². The molecule has 2 atom stereocenters. The summed E-state index contributed by atoms with van der Waals surface area (Å²) in [6, 6.07) is 14.8. The first-order chi connectivity index (χ1) is 34.9. The van der Waals surface area contributed by atoms with E-state index in [1.807, 2.05) is 49.5 Å². The summed E-state index contributed by atoms with van der Waals surface area (Å²) >= 11 is 6.38. The van der Waals surface area contributed by atoms with E-state index in [9.17, 15) is 13.2 Å². The van der Waals surface area contributed by atoms with E-state index in [2.05, 4.69) is 112 Å². The molecule has 2 aliphatic rings. The lowest BCUT2D eigenvalue weighted by molar-refractivity contribution is -0.141. The van der Waals surface area contributed by atoms with Crippen LogP contribution in [0.3, 0.4) is 0 Å². The minimum Gasteiger partial charge on any atom is -0.467 e. The molecule has 386 valence electrons. The second kappa shape index (κ2) is 23.5. The molecule has 2 saturated heterocycles. The second-order valence-corrected chi connectivity index (χ2v) is 21.1. The summed E-state index contributed by atoms with van der Waals surface area (Å²) in [7, 11) is -1.80. The van der Waals surface area contributed by atoms with Gasteiger partial charge in [0.1, 0.15) is 43.2 Å². The van der Waals surface area contributed by atoms with Gasteiger partial charge in [-0.2, -0.15) is 23.1 Å². The molecule has 25 heteroatoms. The molecular formula is C48H55BBrF3N12O6S2. The number of rotatable bonds is 12. The Morgan fingerprint density at radius 2 is 1.18 bits per heavy atom. The summed E-state index contributed by atoms with van der Waals surface area (Å²) in [6.07, 6.45) is 2.36. The first kappa shape index (κ1) is 53.4. The second-order valence-electron chi connectivity index (χ2n) is 18.4. The molecule has 8 aromatic rings. The van der Waals surface area contributed by atoms with Crippen LogP contribution in [0.25, 0.3) is 32.0 Å². The van der Waals surface area contributed by atoms with Gasteiger partial charge in [0.15, 0.2) is 11.6 Å². The third-order valence-electron chi connectivity index (χ3n) is 12.4. The summed E-state index contributed by atoms with van der Waals surface area (Å²) < 4.78 is 59.9. The number of piperidine rings is 2. The summed E-state index contributed by atoms with van der Waals surface area (Å²) in [5.41, 5.74) is 3.48. The fourth-order valence-corrected chi connectivity index (χ4v) is 10.2. The third-order valence-corrected chi connectivity index (χ3v) is 14.6. The van der Waals surface area contributed by atoms with Crippen molar-refractivity contribution in [3.8, 4) is 21.6 Å². The van der Waals surface area contributed by atoms with Gasteiger partial charge in [-0.3, -0.25) is 9.97 Å². The summed E-state index contributed by atoms with van der Waals surface area (Å²) in [4.78, 5) is 40.9. The molecule has 10 heterocycles. The zero-order chi connectivity index (χ0) is 52.0. The Morgan fingerprint density at radius 3 is 1.62 bits per heavy atom. The normalized spacial score (nSPS) is 15.5. The van der Waals surface area contributed by atoms with Crippen LogP contribution in [0.2, 0.25) is 0 Å². The van der Waals surface area contributed by atoms with Crippen molar-refractivity contribution in [2.45, 2.75) is 104 Å². The van der Waals surface area contributed by atoms with Gasteiger partial charge in [-0.05, 0) is 117 Å². The van der Waals surface area contributed by atoms with Crippen molar-refractivity contribution in [1.82, 2.24) is 50.2 Å². The molecule has 8 aromatic heterocycles. The van der Waals surface area contributed by atoms with Gasteiger partial charge in [0, 0.05) is 67.1 Å². The lowest BCUT2D eigenvalue weighted by atomic mass is 9.82. The van der Waals surface area contributed by atoms with Crippen LogP contribution in [0.15, 0.2) is 74.6 Å². The Morgan fingerprint density at radius 1 is 0.658 bits per heavy atom. The van der Waals surface area contributed by atoms with E-state index >= 15 is 0 Å². The summed E-state index contributed by atoms with van der Waals surface area (Å²) in [6.45, 7) is 18.1. The molecule has 18 nitrogen and oxygen atoms in total. The van der Waals surface area contributed by atoms with Crippen LogP contribution in [0, 0.1) is 18.8 Å². The van der Waals surface area contributed by atoms with Crippen molar-refractivity contribution in [3.05, 3.63) is 88.6 Å². The van der Waals surface area contributed by atoms with Gasteiger partial charge in [0.2, 0.25) is 0 Å². The number of halogens is 4. The monoisotopic (exact) mass is 1110 g/mol. The average Bonchev–Trinajstić information content (AvgIpc) is 4.21. The van der Waals surface area contributed by atoms with E-state index in [0.29, 0.717) is 40.3 Å².